The summed E-state index contributed by atoms with van der Waals surface area (Å²) in [6, 6.07) is 11.8. The number of hydrogen-bond acceptors (Lipinski definition) is 3. The minimum atomic E-state index is -0.810. The monoisotopic (exact) mass is 324 g/mol. The van der Waals surface area contributed by atoms with E-state index < -0.39 is 5.97 Å². The summed E-state index contributed by atoms with van der Waals surface area (Å²) in [5, 5.41) is 9.04. The molecule has 24 heavy (non-hydrogen) atoms. The zero-order valence-electron chi connectivity index (χ0n) is 13.8. The second-order valence-electron chi connectivity index (χ2n) is 5.69. The molecule has 0 unspecified atom stereocenters. The number of carboxylic acids is 1. The molecule has 0 saturated heterocycles. The second-order valence-corrected chi connectivity index (χ2v) is 5.69. The number of imidazole rings is 1. The lowest BCUT2D eigenvalue weighted by molar-refractivity contribution is -0.136. The molecule has 3 rings (SSSR count). The summed E-state index contributed by atoms with van der Waals surface area (Å²) in [5.41, 5.74) is 4.65. The molecule has 1 aromatic carbocycles. The zero-order chi connectivity index (χ0) is 17.1. The molecule has 0 aliphatic heterocycles. The Balaban J connectivity index is 2.07. The molecule has 0 aliphatic carbocycles. The van der Waals surface area contributed by atoms with Crippen LogP contribution in [0.4, 0.5) is 0 Å². The average molecular weight is 324 g/mol. The highest BCUT2D eigenvalue weighted by Gasteiger charge is 2.15. The summed E-state index contributed by atoms with van der Waals surface area (Å²) in [6.07, 6.45) is 2.46. The maximum atomic E-state index is 11.0. The molecule has 0 fully saturated rings. The van der Waals surface area contributed by atoms with Crippen LogP contribution >= 0.6 is 0 Å². The van der Waals surface area contributed by atoms with Crippen molar-refractivity contribution in [1.29, 1.82) is 0 Å². The molecule has 5 heteroatoms. The van der Waals surface area contributed by atoms with Crippen LogP contribution in [0.5, 0.6) is 5.75 Å². The molecule has 0 radical (unpaired) electrons. The molecule has 0 spiro atoms. The molecule has 0 aliphatic rings. The normalized spacial score (nSPS) is 10.9. The predicted molar refractivity (Wildman–Crippen MR) is 92.5 cm³/mol. The number of pyridine rings is 1. The molecule has 124 valence electrons. The van der Waals surface area contributed by atoms with Crippen molar-refractivity contribution in [3.05, 3.63) is 53.9 Å². The van der Waals surface area contributed by atoms with E-state index in [0.717, 1.165) is 33.9 Å². The van der Waals surface area contributed by atoms with Gasteiger partial charge in [0.1, 0.15) is 11.4 Å². The van der Waals surface area contributed by atoms with E-state index >= 15 is 0 Å². The van der Waals surface area contributed by atoms with Crippen LogP contribution in [-0.2, 0) is 11.2 Å². The summed E-state index contributed by atoms with van der Waals surface area (Å²) >= 11 is 0. The van der Waals surface area contributed by atoms with Gasteiger partial charge in [-0.25, -0.2) is 4.98 Å². The number of ether oxygens (including phenoxy) is 1. The molecular weight excluding hydrogens is 304 g/mol. The third-order valence-electron chi connectivity index (χ3n) is 3.90. The Bertz CT molecular complexity index is 866. The highest BCUT2D eigenvalue weighted by molar-refractivity contribution is 5.70. The van der Waals surface area contributed by atoms with Crippen molar-refractivity contribution in [2.45, 2.75) is 26.7 Å². The number of fused-ring (bicyclic) bond motifs is 1. The molecule has 1 N–H and O–H groups in total. The fourth-order valence-corrected chi connectivity index (χ4v) is 2.77. The van der Waals surface area contributed by atoms with Crippen LogP contribution in [0.3, 0.4) is 0 Å². The van der Waals surface area contributed by atoms with E-state index in [-0.39, 0.29) is 6.42 Å². The van der Waals surface area contributed by atoms with Gasteiger partial charge in [-0.05, 0) is 55.8 Å². The van der Waals surface area contributed by atoms with Gasteiger partial charge in [-0.2, -0.15) is 0 Å². The lowest BCUT2D eigenvalue weighted by Gasteiger charge is -2.06. The highest BCUT2D eigenvalue weighted by atomic mass is 16.5. The fraction of sp³-hybridized carbons (Fsp3) is 0.263. The number of hydrogen-bond donors (Lipinski definition) is 1. The summed E-state index contributed by atoms with van der Waals surface area (Å²) in [4.78, 5) is 15.7. The van der Waals surface area contributed by atoms with Gasteiger partial charge in [0.2, 0.25) is 0 Å². The van der Waals surface area contributed by atoms with Gasteiger partial charge in [0.25, 0.3) is 0 Å². The summed E-state index contributed by atoms with van der Waals surface area (Å²) in [5.74, 6) is 0.00245. The maximum absolute atomic E-state index is 11.0. The molecule has 0 bridgehead atoms. The molecule has 2 aromatic heterocycles. The van der Waals surface area contributed by atoms with Gasteiger partial charge in [0.15, 0.2) is 0 Å². The number of nitrogens with zero attached hydrogens (tertiary/aromatic N) is 2. The average Bonchev–Trinajstić information content (AvgIpc) is 2.91. The maximum Gasteiger partial charge on any atom is 0.303 e. The van der Waals surface area contributed by atoms with Crippen LogP contribution in [-0.4, -0.2) is 27.1 Å². The Hall–Kier alpha value is -2.82. The van der Waals surface area contributed by atoms with Crippen molar-refractivity contribution in [3.8, 4) is 17.0 Å². The Morgan fingerprint density at radius 3 is 2.67 bits per heavy atom. The van der Waals surface area contributed by atoms with Crippen molar-refractivity contribution in [2.75, 3.05) is 6.61 Å². The lowest BCUT2D eigenvalue weighted by atomic mass is 10.1. The molecule has 2 heterocycles. The summed E-state index contributed by atoms with van der Waals surface area (Å²) < 4.78 is 7.45. The molecule has 5 nitrogen and oxygen atoms in total. The van der Waals surface area contributed by atoms with Crippen molar-refractivity contribution in [1.82, 2.24) is 9.38 Å². The Morgan fingerprint density at radius 1 is 1.25 bits per heavy atom. The number of carbonyl (C=O) groups is 1. The third-order valence-corrected chi connectivity index (χ3v) is 3.90. The van der Waals surface area contributed by atoms with Gasteiger partial charge in [-0.3, -0.25) is 4.79 Å². The van der Waals surface area contributed by atoms with E-state index in [0.29, 0.717) is 13.0 Å². The lowest BCUT2D eigenvalue weighted by Crippen LogP contribution is -2.01. The SMILES string of the molecule is CCOc1ccc(-c2nc3cc(C)ccn3c2CCC(=O)O)cc1. The number of aliphatic carboxylic acids is 1. The van der Waals surface area contributed by atoms with Gasteiger partial charge in [-0.1, -0.05) is 0 Å². The van der Waals surface area contributed by atoms with Crippen LogP contribution in [0, 0.1) is 6.92 Å². The van der Waals surface area contributed by atoms with E-state index in [1.54, 1.807) is 0 Å². The molecule has 0 saturated carbocycles. The molecule has 0 amide bonds. The number of rotatable bonds is 6. The first-order chi connectivity index (χ1) is 11.6. The van der Waals surface area contributed by atoms with Crippen molar-refractivity contribution < 1.29 is 14.6 Å². The van der Waals surface area contributed by atoms with Crippen LogP contribution in [0.1, 0.15) is 24.6 Å². The quantitative estimate of drug-likeness (QED) is 0.750. The van der Waals surface area contributed by atoms with E-state index in [4.69, 9.17) is 14.8 Å². The van der Waals surface area contributed by atoms with Crippen molar-refractivity contribution >= 4 is 11.6 Å². The molecular formula is C19H20N2O3. The van der Waals surface area contributed by atoms with E-state index in [1.807, 2.05) is 60.8 Å². The number of carboxylic acid groups (broad SMARTS) is 1. The standard InChI is InChI=1S/C19H20N2O3/c1-3-24-15-6-4-14(5-7-15)19-16(8-9-18(22)23)21-11-10-13(2)12-17(21)20-19/h4-7,10-12H,3,8-9H2,1-2H3,(H,22,23). The van der Waals surface area contributed by atoms with Crippen LogP contribution in [0.15, 0.2) is 42.6 Å². The zero-order valence-corrected chi connectivity index (χ0v) is 13.8. The van der Waals surface area contributed by atoms with E-state index in [1.165, 1.54) is 0 Å². The number of benzene rings is 1. The molecule has 0 atom stereocenters. The third kappa shape index (κ3) is 3.25. The first-order valence-corrected chi connectivity index (χ1v) is 8.01. The van der Waals surface area contributed by atoms with Gasteiger partial charge >= 0.3 is 5.97 Å². The largest absolute Gasteiger partial charge is 0.494 e. The smallest absolute Gasteiger partial charge is 0.303 e. The van der Waals surface area contributed by atoms with Gasteiger partial charge < -0.3 is 14.2 Å². The predicted octanol–water partition coefficient (Wildman–Crippen LogP) is 3.73. The minimum Gasteiger partial charge on any atom is -0.494 e. The number of aromatic nitrogens is 2. The van der Waals surface area contributed by atoms with Crippen molar-refractivity contribution in [3.63, 3.8) is 0 Å². The Kier molecular flexibility index (Phi) is 4.51. The second kappa shape index (κ2) is 6.74. The number of aryl methyl sites for hydroxylation is 2. The van der Waals surface area contributed by atoms with Gasteiger partial charge in [0, 0.05) is 18.2 Å². The summed E-state index contributed by atoms with van der Waals surface area (Å²) in [7, 11) is 0. The van der Waals surface area contributed by atoms with Gasteiger partial charge in [-0.15, -0.1) is 0 Å². The fourth-order valence-electron chi connectivity index (χ4n) is 2.77. The summed E-state index contributed by atoms with van der Waals surface area (Å²) in [6.45, 7) is 4.58. The highest BCUT2D eigenvalue weighted by Crippen LogP contribution is 2.27. The first kappa shape index (κ1) is 16.1. The van der Waals surface area contributed by atoms with Crippen LogP contribution < -0.4 is 4.74 Å². The van der Waals surface area contributed by atoms with E-state index in [2.05, 4.69) is 0 Å². The van der Waals surface area contributed by atoms with Crippen molar-refractivity contribution in [2.24, 2.45) is 0 Å². The van der Waals surface area contributed by atoms with Gasteiger partial charge in [0.05, 0.1) is 24.4 Å². The molecule has 3 aromatic rings. The van der Waals surface area contributed by atoms with Crippen LogP contribution in [0.25, 0.3) is 16.9 Å². The Labute approximate surface area is 140 Å². The van der Waals surface area contributed by atoms with Crippen LogP contribution in [0.2, 0.25) is 0 Å². The Morgan fingerprint density at radius 2 is 2.00 bits per heavy atom. The first-order valence-electron chi connectivity index (χ1n) is 8.01. The topological polar surface area (TPSA) is 63.8 Å². The minimum absolute atomic E-state index is 0.0751. The van der Waals surface area contributed by atoms with E-state index in [9.17, 15) is 4.79 Å².